The highest BCUT2D eigenvalue weighted by molar-refractivity contribution is 7.18. The van der Waals surface area contributed by atoms with E-state index in [1.807, 2.05) is 20.2 Å². The van der Waals surface area contributed by atoms with Crippen molar-refractivity contribution in [3.05, 3.63) is 16.8 Å². The summed E-state index contributed by atoms with van der Waals surface area (Å²) in [6, 6.07) is 0. The average Bonchev–Trinajstić information content (AvgIpc) is 2.88. The summed E-state index contributed by atoms with van der Waals surface area (Å²) in [5.74, 6) is 0. The molecule has 0 saturated heterocycles. The van der Waals surface area contributed by atoms with E-state index < -0.39 is 0 Å². The van der Waals surface area contributed by atoms with Gasteiger partial charge < -0.3 is 5.32 Å². The van der Waals surface area contributed by atoms with Crippen LogP contribution in [0.15, 0.2) is 6.20 Å². The van der Waals surface area contributed by atoms with Gasteiger partial charge in [-0.05, 0) is 25.2 Å². The molecule has 0 aliphatic heterocycles. The van der Waals surface area contributed by atoms with Crippen LogP contribution < -0.4 is 5.32 Å². The van der Waals surface area contributed by atoms with Gasteiger partial charge in [0.2, 0.25) is 0 Å². The Morgan fingerprint density at radius 2 is 2.19 bits per heavy atom. The lowest BCUT2D eigenvalue weighted by atomic mass is 9.97. The van der Waals surface area contributed by atoms with E-state index in [1.165, 1.54) is 18.4 Å². The molecule has 0 aromatic carbocycles. The zero-order chi connectivity index (χ0) is 11.3. The number of pyridine rings is 1. The van der Waals surface area contributed by atoms with Crippen LogP contribution in [0.1, 0.15) is 30.3 Å². The van der Waals surface area contributed by atoms with Crippen LogP contribution in [0.25, 0.3) is 10.3 Å². The lowest BCUT2D eigenvalue weighted by molar-refractivity contribution is 0.795. The van der Waals surface area contributed by atoms with Crippen molar-refractivity contribution in [3.63, 3.8) is 0 Å². The number of nitrogens with zero attached hydrogens (tertiary/aromatic N) is 2. The van der Waals surface area contributed by atoms with Gasteiger partial charge in [0.15, 0.2) is 0 Å². The van der Waals surface area contributed by atoms with Gasteiger partial charge in [-0.2, -0.15) is 0 Å². The smallest absolute Gasteiger partial charge is 0.143 e. The van der Waals surface area contributed by atoms with E-state index in [0.717, 1.165) is 21.0 Å². The van der Waals surface area contributed by atoms with E-state index in [0.29, 0.717) is 5.41 Å². The first-order valence-electron chi connectivity index (χ1n) is 5.58. The predicted octanol–water partition coefficient (Wildman–Crippen LogP) is 3.09. The van der Waals surface area contributed by atoms with Crippen LogP contribution in [0.5, 0.6) is 0 Å². The molecule has 2 aromatic heterocycles. The van der Waals surface area contributed by atoms with Gasteiger partial charge in [0, 0.05) is 12.6 Å². The highest BCUT2D eigenvalue weighted by Crippen LogP contribution is 2.52. The van der Waals surface area contributed by atoms with Crippen LogP contribution in [0.2, 0.25) is 0 Å². The van der Waals surface area contributed by atoms with E-state index >= 15 is 0 Å². The molecule has 3 nitrogen and oxygen atoms in total. The molecule has 2 heterocycles. The normalized spacial score (nSPS) is 17.7. The topological polar surface area (TPSA) is 37.8 Å². The third kappa shape index (κ3) is 1.33. The Hall–Kier alpha value is -1.16. The molecule has 1 aliphatic rings. The number of thiazole rings is 1. The second-order valence-electron chi connectivity index (χ2n) is 4.74. The maximum absolute atomic E-state index is 4.64. The van der Waals surface area contributed by atoms with Crippen molar-refractivity contribution in [1.29, 1.82) is 0 Å². The zero-order valence-electron chi connectivity index (χ0n) is 9.79. The minimum atomic E-state index is 0.319. The van der Waals surface area contributed by atoms with Gasteiger partial charge in [0.1, 0.15) is 10.3 Å². The maximum Gasteiger partial charge on any atom is 0.143 e. The van der Waals surface area contributed by atoms with E-state index in [1.54, 1.807) is 11.3 Å². The van der Waals surface area contributed by atoms with Crippen molar-refractivity contribution >= 4 is 27.4 Å². The highest BCUT2D eigenvalue weighted by Gasteiger charge is 2.42. The van der Waals surface area contributed by atoms with E-state index in [9.17, 15) is 0 Å². The molecule has 0 spiro atoms. The number of nitrogens with one attached hydrogen (secondary N) is 1. The highest BCUT2D eigenvalue weighted by atomic mass is 32.1. The Balaban J connectivity index is 2.34. The van der Waals surface area contributed by atoms with Crippen molar-refractivity contribution in [3.8, 4) is 0 Å². The molecular weight excluding hydrogens is 218 g/mol. The van der Waals surface area contributed by atoms with Crippen LogP contribution >= 0.6 is 11.3 Å². The minimum Gasteiger partial charge on any atom is -0.387 e. The number of aryl methyl sites for hydroxylation is 1. The molecule has 3 rings (SSSR count). The van der Waals surface area contributed by atoms with Gasteiger partial charge >= 0.3 is 0 Å². The lowest BCUT2D eigenvalue weighted by Crippen LogP contribution is -2.06. The number of rotatable bonds is 2. The number of anilines is 1. The second kappa shape index (κ2) is 3.17. The number of hydrogen-bond acceptors (Lipinski definition) is 4. The molecule has 0 atom stereocenters. The molecule has 1 fully saturated rings. The third-order valence-corrected chi connectivity index (χ3v) is 4.28. The van der Waals surface area contributed by atoms with Crippen molar-refractivity contribution in [1.82, 2.24) is 9.97 Å². The Bertz CT molecular complexity index is 555. The van der Waals surface area contributed by atoms with Crippen LogP contribution in [0.3, 0.4) is 0 Å². The van der Waals surface area contributed by atoms with Crippen LogP contribution in [0.4, 0.5) is 5.69 Å². The quantitative estimate of drug-likeness (QED) is 0.866. The first-order chi connectivity index (χ1) is 7.64. The second-order valence-corrected chi connectivity index (χ2v) is 5.93. The molecule has 1 saturated carbocycles. The molecule has 2 aromatic rings. The number of aromatic nitrogens is 2. The van der Waals surface area contributed by atoms with Gasteiger partial charge in [-0.25, -0.2) is 9.97 Å². The van der Waals surface area contributed by atoms with E-state index in [4.69, 9.17) is 0 Å². The molecule has 0 radical (unpaired) electrons. The van der Waals surface area contributed by atoms with Gasteiger partial charge in [-0.3, -0.25) is 0 Å². The zero-order valence-corrected chi connectivity index (χ0v) is 10.6. The fourth-order valence-corrected chi connectivity index (χ4v) is 2.99. The van der Waals surface area contributed by atoms with Gasteiger partial charge in [-0.1, -0.05) is 18.3 Å². The number of hydrogen-bond donors (Lipinski definition) is 1. The Kier molecular flexibility index (Phi) is 1.98. The summed E-state index contributed by atoms with van der Waals surface area (Å²) in [6.45, 7) is 4.36. The summed E-state index contributed by atoms with van der Waals surface area (Å²) in [4.78, 5) is 10.2. The van der Waals surface area contributed by atoms with E-state index in [-0.39, 0.29) is 0 Å². The SMILES string of the molecule is CNc1cnc2sc(C)nc2c1C1(C)CC1. The van der Waals surface area contributed by atoms with Crippen molar-refractivity contribution in [2.75, 3.05) is 12.4 Å². The van der Waals surface area contributed by atoms with Crippen molar-refractivity contribution in [2.24, 2.45) is 0 Å². The lowest BCUT2D eigenvalue weighted by Gasteiger charge is -2.14. The summed E-state index contributed by atoms with van der Waals surface area (Å²) in [6.07, 6.45) is 4.47. The summed E-state index contributed by atoms with van der Waals surface area (Å²) >= 11 is 1.68. The summed E-state index contributed by atoms with van der Waals surface area (Å²) in [5.41, 5.74) is 3.93. The summed E-state index contributed by atoms with van der Waals surface area (Å²) in [5, 5.41) is 4.34. The first-order valence-corrected chi connectivity index (χ1v) is 6.40. The fourth-order valence-electron chi connectivity index (χ4n) is 2.22. The molecule has 0 amide bonds. The molecule has 0 bridgehead atoms. The fraction of sp³-hybridized carbons (Fsp3) is 0.500. The van der Waals surface area contributed by atoms with Crippen LogP contribution in [-0.4, -0.2) is 17.0 Å². The largest absolute Gasteiger partial charge is 0.387 e. The molecule has 4 heteroatoms. The van der Waals surface area contributed by atoms with Gasteiger partial charge in [0.25, 0.3) is 0 Å². The van der Waals surface area contributed by atoms with Gasteiger partial charge in [-0.15, -0.1) is 0 Å². The Morgan fingerprint density at radius 1 is 1.44 bits per heavy atom. The van der Waals surface area contributed by atoms with Crippen LogP contribution in [-0.2, 0) is 5.41 Å². The maximum atomic E-state index is 4.64. The summed E-state index contributed by atoms with van der Waals surface area (Å²) in [7, 11) is 1.96. The van der Waals surface area contributed by atoms with Crippen molar-refractivity contribution < 1.29 is 0 Å². The van der Waals surface area contributed by atoms with E-state index in [2.05, 4.69) is 22.2 Å². The molecule has 1 aliphatic carbocycles. The molecule has 16 heavy (non-hydrogen) atoms. The first kappa shape index (κ1) is 10.0. The Labute approximate surface area is 98.9 Å². The standard InChI is InChI=1S/C12H15N3S/c1-7-15-10-9(12(2)4-5-12)8(13-3)6-14-11(10)16-7/h6,13H,4-5H2,1-3H3. The molecule has 84 valence electrons. The Morgan fingerprint density at radius 3 is 2.81 bits per heavy atom. The third-order valence-electron chi connectivity index (χ3n) is 3.41. The average molecular weight is 233 g/mol. The van der Waals surface area contributed by atoms with Gasteiger partial charge in [0.05, 0.1) is 16.9 Å². The molecule has 0 unspecified atom stereocenters. The minimum absolute atomic E-state index is 0.319. The summed E-state index contributed by atoms with van der Waals surface area (Å²) < 4.78 is 0. The predicted molar refractivity (Wildman–Crippen MR) is 68.3 cm³/mol. The molecular formula is C12H15N3S. The van der Waals surface area contributed by atoms with Crippen LogP contribution in [0, 0.1) is 6.92 Å². The number of fused-ring (bicyclic) bond motifs is 1. The molecule has 1 N–H and O–H groups in total. The monoisotopic (exact) mass is 233 g/mol. The van der Waals surface area contributed by atoms with Crippen molar-refractivity contribution in [2.45, 2.75) is 32.1 Å².